The van der Waals surface area contributed by atoms with Gasteiger partial charge in [0.1, 0.15) is 12.4 Å². The van der Waals surface area contributed by atoms with Crippen molar-refractivity contribution in [3.63, 3.8) is 0 Å². The van der Waals surface area contributed by atoms with Gasteiger partial charge in [0.25, 0.3) is 0 Å². The highest BCUT2D eigenvalue weighted by atomic mass is 19.4. The van der Waals surface area contributed by atoms with Crippen LogP contribution in [0.25, 0.3) is 0 Å². The van der Waals surface area contributed by atoms with E-state index in [2.05, 4.69) is 5.16 Å². The second-order valence-corrected chi connectivity index (χ2v) is 5.87. The van der Waals surface area contributed by atoms with E-state index in [0.29, 0.717) is 29.0 Å². The zero-order valence-electron chi connectivity index (χ0n) is 15.2. The quantitative estimate of drug-likeness (QED) is 0.384. The number of oxime groups is 1. The van der Waals surface area contributed by atoms with Crippen LogP contribution in [0.4, 0.5) is 13.2 Å². The summed E-state index contributed by atoms with van der Waals surface area (Å²) in [4.78, 5) is 15.9. The average molecular weight is 395 g/mol. The molecule has 0 radical (unpaired) electrons. The van der Waals surface area contributed by atoms with Crippen LogP contribution in [0.5, 0.6) is 5.75 Å². The van der Waals surface area contributed by atoms with Gasteiger partial charge in [-0.15, -0.1) is 0 Å². The fraction of sp³-hybridized carbons (Fsp3) is 0.300. The van der Waals surface area contributed by atoms with E-state index in [9.17, 15) is 18.0 Å². The lowest BCUT2D eigenvalue weighted by atomic mass is 10.1. The Morgan fingerprint density at radius 2 is 1.82 bits per heavy atom. The van der Waals surface area contributed by atoms with Gasteiger partial charge in [0, 0.05) is 0 Å². The second kappa shape index (κ2) is 9.77. The van der Waals surface area contributed by atoms with Gasteiger partial charge in [0.15, 0.2) is 6.61 Å². The lowest BCUT2D eigenvalue weighted by Crippen LogP contribution is -2.08. The Kier molecular flexibility index (Phi) is 7.43. The van der Waals surface area contributed by atoms with Gasteiger partial charge in [-0.05, 0) is 41.8 Å². The SMILES string of the molecule is CCC(=NOCCOc1cccc(CC(=O)O)c1)c1ccc(C(F)(F)F)cc1. The van der Waals surface area contributed by atoms with Gasteiger partial charge in [-0.2, -0.15) is 13.2 Å². The summed E-state index contributed by atoms with van der Waals surface area (Å²) in [6.07, 6.45) is -3.98. The molecule has 2 rings (SSSR count). The summed E-state index contributed by atoms with van der Waals surface area (Å²) in [5, 5.41) is 12.8. The molecule has 1 N–H and O–H groups in total. The number of ether oxygens (including phenoxy) is 1. The average Bonchev–Trinajstić information content (AvgIpc) is 2.64. The van der Waals surface area contributed by atoms with Crippen LogP contribution < -0.4 is 4.74 Å². The maximum Gasteiger partial charge on any atom is 0.416 e. The third kappa shape index (κ3) is 6.61. The first-order valence-corrected chi connectivity index (χ1v) is 8.59. The highest BCUT2D eigenvalue weighted by molar-refractivity contribution is 6.00. The Morgan fingerprint density at radius 3 is 2.43 bits per heavy atom. The lowest BCUT2D eigenvalue weighted by molar-refractivity contribution is -0.138. The molecule has 0 aliphatic heterocycles. The predicted octanol–water partition coefficient (Wildman–Crippen LogP) is 4.54. The Balaban J connectivity index is 1.86. The van der Waals surface area contributed by atoms with Gasteiger partial charge in [-0.1, -0.05) is 36.3 Å². The van der Waals surface area contributed by atoms with Crippen LogP contribution in [0, 0.1) is 0 Å². The normalized spacial score (nSPS) is 11.9. The van der Waals surface area contributed by atoms with E-state index in [-0.39, 0.29) is 19.6 Å². The van der Waals surface area contributed by atoms with Crippen LogP contribution in [0.15, 0.2) is 53.7 Å². The van der Waals surface area contributed by atoms with Gasteiger partial charge in [0.05, 0.1) is 17.7 Å². The molecule has 0 aliphatic rings. The molecule has 0 saturated heterocycles. The van der Waals surface area contributed by atoms with E-state index >= 15 is 0 Å². The number of hydrogen-bond acceptors (Lipinski definition) is 4. The maximum atomic E-state index is 12.6. The molecule has 5 nitrogen and oxygen atoms in total. The number of benzene rings is 2. The summed E-state index contributed by atoms with van der Waals surface area (Å²) >= 11 is 0. The van der Waals surface area contributed by atoms with Crippen LogP contribution in [0.2, 0.25) is 0 Å². The lowest BCUT2D eigenvalue weighted by Gasteiger charge is -2.09. The Morgan fingerprint density at radius 1 is 1.11 bits per heavy atom. The van der Waals surface area contributed by atoms with Crippen LogP contribution in [-0.2, 0) is 22.2 Å². The van der Waals surface area contributed by atoms with Gasteiger partial charge < -0.3 is 14.7 Å². The summed E-state index contributed by atoms with van der Waals surface area (Å²) in [6.45, 7) is 2.14. The molecule has 0 unspecified atom stereocenters. The summed E-state index contributed by atoms with van der Waals surface area (Å²) in [6, 6.07) is 11.5. The van der Waals surface area contributed by atoms with Crippen molar-refractivity contribution in [3.8, 4) is 5.75 Å². The van der Waals surface area contributed by atoms with Crippen molar-refractivity contribution in [1.29, 1.82) is 0 Å². The van der Waals surface area contributed by atoms with Gasteiger partial charge in [0.2, 0.25) is 0 Å². The second-order valence-electron chi connectivity index (χ2n) is 5.87. The highest BCUT2D eigenvalue weighted by Crippen LogP contribution is 2.29. The largest absolute Gasteiger partial charge is 0.490 e. The number of aliphatic carboxylic acids is 1. The van der Waals surface area contributed by atoms with E-state index in [4.69, 9.17) is 14.7 Å². The first-order valence-electron chi connectivity index (χ1n) is 8.59. The Bertz CT molecular complexity index is 817. The van der Waals surface area contributed by atoms with Gasteiger partial charge >= 0.3 is 12.1 Å². The molecule has 28 heavy (non-hydrogen) atoms. The number of halogens is 3. The van der Waals surface area contributed by atoms with Crippen molar-refractivity contribution in [2.75, 3.05) is 13.2 Å². The minimum atomic E-state index is -4.38. The van der Waals surface area contributed by atoms with E-state index in [1.165, 1.54) is 12.1 Å². The standard InChI is InChI=1S/C20H20F3NO4/c1-2-18(15-6-8-16(9-7-15)20(21,22)23)24-28-11-10-27-17-5-3-4-14(12-17)13-19(25)26/h3-9,12H,2,10-11,13H2,1H3,(H,25,26). The molecule has 0 atom stereocenters. The smallest absolute Gasteiger partial charge is 0.416 e. The zero-order valence-corrected chi connectivity index (χ0v) is 15.2. The summed E-state index contributed by atoms with van der Waals surface area (Å²) in [5.74, 6) is -0.407. The van der Waals surface area contributed by atoms with Crippen molar-refractivity contribution in [1.82, 2.24) is 0 Å². The summed E-state index contributed by atoms with van der Waals surface area (Å²) < 4.78 is 43.3. The number of alkyl halides is 3. The molecule has 0 amide bonds. The van der Waals surface area contributed by atoms with Crippen LogP contribution in [0.1, 0.15) is 30.0 Å². The number of rotatable bonds is 9. The summed E-state index contributed by atoms with van der Waals surface area (Å²) in [5.41, 5.74) is 0.987. The van der Waals surface area contributed by atoms with Crippen molar-refractivity contribution in [3.05, 3.63) is 65.2 Å². The molecule has 0 bridgehead atoms. The minimum absolute atomic E-state index is 0.0923. The molecule has 0 aliphatic carbocycles. The fourth-order valence-corrected chi connectivity index (χ4v) is 2.41. The Labute approximate surface area is 160 Å². The molecular weight excluding hydrogens is 375 g/mol. The molecule has 2 aromatic carbocycles. The van der Waals surface area contributed by atoms with Crippen molar-refractivity contribution in [2.45, 2.75) is 25.9 Å². The monoisotopic (exact) mass is 395 g/mol. The van der Waals surface area contributed by atoms with Crippen molar-refractivity contribution >= 4 is 11.7 Å². The molecule has 0 fully saturated rings. The van der Waals surface area contributed by atoms with E-state index in [1.54, 1.807) is 24.3 Å². The topological polar surface area (TPSA) is 68.1 Å². The molecule has 0 aromatic heterocycles. The molecule has 2 aromatic rings. The molecule has 0 heterocycles. The third-order valence-electron chi connectivity index (χ3n) is 3.75. The van der Waals surface area contributed by atoms with E-state index in [0.717, 1.165) is 12.1 Å². The minimum Gasteiger partial charge on any atom is -0.490 e. The van der Waals surface area contributed by atoms with E-state index < -0.39 is 17.7 Å². The molecule has 0 spiro atoms. The Hall–Kier alpha value is -3.03. The van der Waals surface area contributed by atoms with Crippen LogP contribution in [0.3, 0.4) is 0 Å². The van der Waals surface area contributed by atoms with Gasteiger partial charge in [-0.3, -0.25) is 4.79 Å². The number of nitrogens with zero attached hydrogens (tertiary/aromatic N) is 1. The van der Waals surface area contributed by atoms with Gasteiger partial charge in [-0.25, -0.2) is 0 Å². The predicted molar refractivity (Wildman–Crippen MR) is 97.5 cm³/mol. The fourth-order valence-electron chi connectivity index (χ4n) is 2.41. The molecular formula is C20H20F3NO4. The molecule has 0 saturated carbocycles. The number of carbonyl (C=O) groups is 1. The first-order chi connectivity index (χ1) is 13.3. The van der Waals surface area contributed by atoms with E-state index in [1.807, 2.05) is 6.92 Å². The molecule has 150 valence electrons. The van der Waals surface area contributed by atoms with Crippen molar-refractivity contribution < 1.29 is 32.6 Å². The van der Waals surface area contributed by atoms with Crippen LogP contribution in [-0.4, -0.2) is 30.0 Å². The third-order valence-corrected chi connectivity index (χ3v) is 3.75. The number of hydrogen-bond donors (Lipinski definition) is 1. The van der Waals surface area contributed by atoms with Crippen molar-refractivity contribution in [2.24, 2.45) is 5.16 Å². The maximum absolute atomic E-state index is 12.6. The first kappa shape index (κ1) is 21.3. The number of carboxylic acids is 1. The zero-order chi connectivity index (χ0) is 20.6. The molecule has 8 heteroatoms. The van der Waals surface area contributed by atoms with Crippen LogP contribution >= 0.6 is 0 Å². The number of carboxylic acid groups (broad SMARTS) is 1. The summed E-state index contributed by atoms with van der Waals surface area (Å²) in [7, 11) is 0. The highest BCUT2D eigenvalue weighted by Gasteiger charge is 2.30.